The van der Waals surface area contributed by atoms with Crippen molar-refractivity contribution in [1.29, 1.82) is 0 Å². The lowest BCUT2D eigenvalue weighted by molar-refractivity contribution is 0.0712. The van der Waals surface area contributed by atoms with Gasteiger partial charge >= 0.3 is 0 Å². The van der Waals surface area contributed by atoms with Gasteiger partial charge in [0.2, 0.25) is 5.95 Å². The first-order valence-electron chi connectivity index (χ1n) is 8.40. The molecular formula is C18H19ClF3N3O. The van der Waals surface area contributed by atoms with E-state index in [1.807, 2.05) is 25.0 Å². The number of rotatable bonds is 6. The number of nitrogens with zero attached hydrogens (tertiary/aromatic N) is 2. The van der Waals surface area contributed by atoms with Crippen LogP contribution in [0.1, 0.15) is 66.2 Å². The maximum Gasteiger partial charge on any atom is 0.280 e. The third-order valence-electron chi connectivity index (χ3n) is 4.50. The summed E-state index contributed by atoms with van der Waals surface area (Å²) in [6, 6.07) is 5.33. The van der Waals surface area contributed by atoms with E-state index in [1.165, 1.54) is 4.90 Å². The summed E-state index contributed by atoms with van der Waals surface area (Å²) >= 11 is 6.09. The predicted molar refractivity (Wildman–Crippen MR) is 91.9 cm³/mol. The lowest BCUT2D eigenvalue weighted by Crippen LogP contribution is -2.34. The van der Waals surface area contributed by atoms with Crippen LogP contribution in [-0.4, -0.2) is 27.0 Å². The molecule has 4 nitrogen and oxygen atoms in total. The third kappa shape index (κ3) is 3.72. The number of hydrogen-bond donors (Lipinski definition) is 1. The molecule has 0 atom stereocenters. The van der Waals surface area contributed by atoms with Crippen molar-refractivity contribution in [2.45, 2.75) is 51.6 Å². The number of carbonyl (C=O) groups excluding carboxylic acids is 1. The first-order chi connectivity index (χ1) is 12.3. The van der Waals surface area contributed by atoms with E-state index < -0.39 is 29.5 Å². The lowest BCUT2D eigenvalue weighted by Gasteiger charge is -2.25. The molecule has 0 saturated heterocycles. The topological polar surface area (TPSA) is 49.0 Å². The van der Waals surface area contributed by atoms with Gasteiger partial charge in [-0.15, -0.1) is 5.10 Å². The van der Waals surface area contributed by atoms with Gasteiger partial charge in [-0.2, -0.15) is 4.39 Å². The second-order valence-electron chi connectivity index (χ2n) is 6.77. The molecular weight excluding hydrogens is 367 g/mol. The number of hydrogen-bond acceptors (Lipinski definition) is 2. The van der Waals surface area contributed by atoms with Crippen LogP contribution in [-0.2, 0) is 6.54 Å². The van der Waals surface area contributed by atoms with Crippen LogP contribution in [0.4, 0.5) is 13.2 Å². The Kier molecular flexibility index (Phi) is 5.27. The largest absolute Gasteiger partial charge is 0.331 e. The number of alkyl halides is 2. The highest BCUT2D eigenvalue weighted by molar-refractivity contribution is 6.30. The van der Waals surface area contributed by atoms with Gasteiger partial charge in [0.05, 0.1) is 0 Å². The minimum absolute atomic E-state index is 0.0960. The molecule has 0 unspecified atom stereocenters. The summed E-state index contributed by atoms with van der Waals surface area (Å²) in [6.45, 7) is 4.21. The summed E-state index contributed by atoms with van der Waals surface area (Å²) in [7, 11) is 0. The van der Waals surface area contributed by atoms with Gasteiger partial charge in [0, 0.05) is 17.6 Å². The zero-order chi connectivity index (χ0) is 19.0. The van der Waals surface area contributed by atoms with Crippen LogP contribution in [0.5, 0.6) is 0 Å². The molecule has 3 rings (SSSR count). The highest BCUT2D eigenvalue weighted by Gasteiger charge is 2.37. The summed E-state index contributed by atoms with van der Waals surface area (Å²) in [5.74, 6) is -1.78. The fraction of sp³-hybridized carbons (Fsp3) is 0.444. The Morgan fingerprint density at radius 2 is 2.08 bits per heavy atom. The molecule has 0 spiro atoms. The van der Waals surface area contributed by atoms with E-state index in [9.17, 15) is 18.0 Å². The molecule has 1 N–H and O–H groups in total. The molecule has 1 aliphatic carbocycles. The number of benzene rings is 1. The van der Waals surface area contributed by atoms with E-state index in [0.29, 0.717) is 5.02 Å². The van der Waals surface area contributed by atoms with Gasteiger partial charge in [0.25, 0.3) is 12.3 Å². The van der Waals surface area contributed by atoms with Crippen LogP contribution in [0.3, 0.4) is 0 Å². The van der Waals surface area contributed by atoms with Crippen LogP contribution < -0.4 is 0 Å². The average Bonchev–Trinajstić information content (AvgIpc) is 3.33. The summed E-state index contributed by atoms with van der Waals surface area (Å²) in [5.41, 5.74) is 0.373. The van der Waals surface area contributed by atoms with Crippen molar-refractivity contribution in [2.75, 3.05) is 0 Å². The normalized spacial score (nSPS) is 14.3. The molecule has 0 aliphatic heterocycles. The highest BCUT2D eigenvalue weighted by atomic mass is 35.5. The van der Waals surface area contributed by atoms with Crippen molar-refractivity contribution in [1.82, 2.24) is 15.1 Å². The fourth-order valence-electron chi connectivity index (χ4n) is 3.05. The quantitative estimate of drug-likeness (QED) is 0.754. The first kappa shape index (κ1) is 18.8. The smallest absolute Gasteiger partial charge is 0.280 e. The van der Waals surface area contributed by atoms with E-state index in [1.54, 1.807) is 12.1 Å². The zero-order valence-corrected chi connectivity index (χ0v) is 15.2. The number of amides is 1. The van der Waals surface area contributed by atoms with Gasteiger partial charge in [0.1, 0.15) is 11.3 Å². The lowest BCUT2D eigenvalue weighted by atomic mass is 9.96. The number of aromatic amines is 1. The van der Waals surface area contributed by atoms with Crippen LogP contribution in [0.2, 0.25) is 5.02 Å². The molecule has 1 fully saturated rings. The molecule has 0 bridgehead atoms. The van der Waals surface area contributed by atoms with Crippen LogP contribution in [0.15, 0.2) is 18.2 Å². The summed E-state index contributed by atoms with van der Waals surface area (Å²) in [5, 5.41) is 5.60. The zero-order valence-electron chi connectivity index (χ0n) is 14.4. The van der Waals surface area contributed by atoms with Crippen molar-refractivity contribution in [2.24, 2.45) is 0 Å². The first-order valence-corrected chi connectivity index (χ1v) is 8.78. The molecule has 1 saturated carbocycles. The molecule has 8 heteroatoms. The second kappa shape index (κ2) is 7.31. The number of aromatic nitrogens is 2. The maximum absolute atomic E-state index is 13.9. The van der Waals surface area contributed by atoms with Crippen molar-refractivity contribution in [3.63, 3.8) is 0 Å². The molecule has 1 heterocycles. The predicted octanol–water partition coefficient (Wildman–Crippen LogP) is 5.07. The molecule has 1 amide bonds. The van der Waals surface area contributed by atoms with Crippen LogP contribution >= 0.6 is 11.6 Å². The van der Waals surface area contributed by atoms with Gasteiger partial charge < -0.3 is 4.90 Å². The van der Waals surface area contributed by atoms with Gasteiger partial charge in [-0.1, -0.05) is 31.5 Å². The van der Waals surface area contributed by atoms with Crippen molar-refractivity contribution in [3.8, 4) is 0 Å². The standard InChI is InChI=1S/C18H19ClF3N3O/c1-9(2)13-6-3-11(19)7-10(13)8-25(12-4-5-12)18(26)14-15(16(20)21)23-24-17(14)22/h3,6-7,9,12,16H,4-5,8H2,1-2H3,(H,23,24). The van der Waals surface area contributed by atoms with E-state index in [0.717, 1.165) is 24.0 Å². The minimum atomic E-state index is -3.01. The van der Waals surface area contributed by atoms with E-state index in [2.05, 4.69) is 5.10 Å². The fourth-order valence-corrected chi connectivity index (χ4v) is 3.24. The number of H-pyrrole nitrogens is 1. The van der Waals surface area contributed by atoms with Crippen LogP contribution in [0.25, 0.3) is 0 Å². The Morgan fingerprint density at radius 3 is 2.65 bits per heavy atom. The Labute approximate surface area is 154 Å². The van der Waals surface area contributed by atoms with Crippen molar-refractivity contribution < 1.29 is 18.0 Å². The Morgan fingerprint density at radius 1 is 1.38 bits per heavy atom. The number of carbonyl (C=O) groups is 1. The summed E-state index contributed by atoms with van der Waals surface area (Å²) in [4.78, 5) is 14.3. The van der Waals surface area contributed by atoms with Gasteiger partial charge in [-0.05, 0) is 42.0 Å². The molecule has 1 aromatic heterocycles. The Bertz CT molecular complexity index is 818. The highest BCUT2D eigenvalue weighted by Crippen LogP contribution is 2.34. The van der Waals surface area contributed by atoms with Gasteiger partial charge in [0.15, 0.2) is 0 Å². The van der Waals surface area contributed by atoms with E-state index >= 15 is 0 Å². The third-order valence-corrected chi connectivity index (χ3v) is 4.73. The molecule has 1 aliphatic rings. The molecule has 140 valence electrons. The number of nitrogens with one attached hydrogen (secondary N) is 1. The molecule has 26 heavy (non-hydrogen) atoms. The molecule has 0 radical (unpaired) electrons. The Hall–Kier alpha value is -2.02. The molecule has 2 aromatic rings. The van der Waals surface area contributed by atoms with Gasteiger partial charge in [-0.3, -0.25) is 9.89 Å². The van der Waals surface area contributed by atoms with Crippen LogP contribution in [0, 0.1) is 5.95 Å². The van der Waals surface area contributed by atoms with Crippen molar-refractivity contribution in [3.05, 3.63) is 51.6 Å². The van der Waals surface area contributed by atoms with E-state index in [-0.39, 0.29) is 18.5 Å². The summed E-state index contributed by atoms with van der Waals surface area (Å²) in [6.07, 6.45) is -1.50. The summed E-state index contributed by atoms with van der Waals surface area (Å²) < 4.78 is 40.1. The second-order valence-corrected chi connectivity index (χ2v) is 7.20. The van der Waals surface area contributed by atoms with Gasteiger partial charge in [-0.25, -0.2) is 8.78 Å². The average molecular weight is 386 g/mol. The SMILES string of the molecule is CC(C)c1ccc(Cl)cc1CN(C(=O)c1c(F)n[nH]c1C(F)F)C1CC1. The number of halogens is 4. The molecule has 1 aromatic carbocycles. The van der Waals surface area contributed by atoms with E-state index in [4.69, 9.17) is 11.6 Å². The maximum atomic E-state index is 13.9. The monoisotopic (exact) mass is 385 g/mol. The Balaban J connectivity index is 1.96. The van der Waals surface area contributed by atoms with Crippen molar-refractivity contribution >= 4 is 17.5 Å². The minimum Gasteiger partial charge on any atom is -0.331 e.